The van der Waals surface area contributed by atoms with E-state index in [1.165, 1.54) is 9.80 Å². The van der Waals surface area contributed by atoms with E-state index >= 15 is 0 Å². The third-order valence-electron chi connectivity index (χ3n) is 9.13. The minimum absolute atomic E-state index is 0.00494. The van der Waals surface area contributed by atoms with E-state index in [0.717, 1.165) is 19.3 Å². The Kier molecular flexibility index (Phi) is 16.9. The summed E-state index contributed by atoms with van der Waals surface area (Å²) in [6.07, 6.45) is 1.47. The van der Waals surface area contributed by atoms with Crippen LogP contribution >= 0.6 is 8.03 Å². The first kappa shape index (κ1) is 44.0. The number of amides is 3. The van der Waals surface area contributed by atoms with Crippen LogP contribution in [0.3, 0.4) is 0 Å². The van der Waals surface area contributed by atoms with Gasteiger partial charge in [0.15, 0.2) is 12.0 Å². The van der Waals surface area contributed by atoms with Gasteiger partial charge in [-0.2, -0.15) is 0 Å². The number of nitrogens with one attached hydrogen (secondary N) is 1. The number of carbonyl (C=O) groups is 5. The maximum atomic E-state index is 14.1. The summed E-state index contributed by atoms with van der Waals surface area (Å²) in [4.78, 5) is 79.7. The molecule has 1 aromatic heterocycles. The molecule has 0 saturated carbocycles. The predicted molar refractivity (Wildman–Crippen MR) is 205 cm³/mol. The number of nitrogens with zero attached hydrogens (tertiary/aromatic N) is 5. The van der Waals surface area contributed by atoms with Crippen molar-refractivity contribution in [2.45, 2.75) is 78.9 Å². The molecule has 18 heteroatoms. The zero-order valence-electron chi connectivity index (χ0n) is 33.0. The molecule has 2 fully saturated rings. The molecule has 0 bridgehead atoms. The second-order valence-electron chi connectivity index (χ2n) is 14.1. The quantitative estimate of drug-likeness (QED) is 0.0965. The van der Waals surface area contributed by atoms with Crippen LogP contribution in [0, 0.1) is 11.8 Å². The van der Waals surface area contributed by atoms with Crippen molar-refractivity contribution in [1.82, 2.24) is 25.1 Å². The molecule has 56 heavy (non-hydrogen) atoms. The topological polar surface area (TPSA) is 196 Å². The van der Waals surface area contributed by atoms with Gasteiger partial charge >= 0.3 is 32.5 Å². The summed E-state index contributed by atoms with van der Waals surface area (Å²) in [5, 5.41) is 2.79. The van der Waals surface area contributed by atoms with E-state index in [0.29, 0.717) is 36.9 Å². The lowest BCUT2D eigenvalue weighted by Gasteiger charge is -2.35. The zero-order valence-corrected chi connectivity index (χ0v) is 33.9. The Bertz CT molecular complexity index is 1650. The molecule has 306 valence electrons. The van der Waals surface area contributed by atoms with Gasteiger partial charge in [-0.05, 0) is 17.4 Å². The molecule has 0 aliphatic carbocycles. The highest BCUT2D eigenvalue weighted by molar-refractivity contribution is 7.39. The fraction of sp³-hybridized carbons (Fsp3) is 0.605. The minimum Gasteiger partial charge on any atom is -0.449 e. The van der Waals surface area contributed by atoms with Crippen LogP contribution in [0.1, 0.15) is 70.8 Å². The van der Waals surface area contributed by atoms with Crippen molar-refractivity contribution < 1.29 is 52.0 Å². The molecule has 1 N–H and O–H groups in total. The Labute approximate surface area is 328 Å². The highest BCUT2D eigenvalue weighted by Gasteiger charge is 2.37. The molecule has 17 nitrogen and oxygen atoms in total. The molecule has 3 amide bonds. The monoisotopic (exact) mass is 801 g/mol. The van der Waals surface area contributed by atoms with E-state index < -0.39 is 62.2 Å². The van der Waals surface area contributed by atoms with Gasteiger partial charge in [-0.3, -0.25) is 19.2 Å². The Balaban J connectivity index is 1.56. The van der Waals surface area contributed by atoms with E-state index in [9.17, 15) is 28.5 Å². The molecule has 2 saturated heterocycles. The second kappa shape index (κ2) is 21.5. The number of methoxy groups -OCH3 is 1. The summed E-state index contributed by atoms with van der Waals surface area (Å²) in [6, 6.07) is 9.53. The largest absolute Gasteiger partial charge is 0.515 e. The molecular weight excluding hydrogens is 747 g/mol. The lowest BCUT2D eigenvalue weighted by Crippen LogP contribution is -2.56. The molecule has 2 aliphatic rings. The molecule has 3 unspecified atom stereocenters. The van der Waals surface area contributed by atoms with Crippen LogP contribution in [0.2, 0.25) is 0 Å². The van der Waals surface area contributed by atoms with Crippen LogP contribution in [0.5, 0.6) is 0 Å². The van der Waals surface area contributed by atoms with Gasteiger partial charge < -0.3 is 39.0 Å². The molecule has 1 aromatic carbocycles. The van der Waals surface area contributed by atoms with Gasteiger partial charge in [-0.15, -0.1) is 0 Å². The summed E-state index contributed by atoms with van der Waals surface area (Å²) in [6.45, 7) is 8.69. The smallest absolute Gasteiger partial charge is 0.449 e. The van der Waals surface area contributed by atoms with Gasteiger partial charge in [0, 0.05) is 64.4 Å². The van der Waals surface area contributed by atoms with Crippen molar-refractivity contribution in [1.29, 1.82) is 0 Å². The summed E-state index contributed by atoms with van der Waals surface area (Å²) in [5.41, 5.74) is 0.693. The lowest BCUT2D eigenvalue weighted by atomic mass is 10.1. The highest BCUT2D eigenvalue weighted by atomic mass is 31.1. The minimum atomic E-state index is -2.69. The van der Waals surface area contributed by atoms with Crippen molar-refractivity contribution in [2.24, 2.45) is 11.8 Å². The van der Waals surface area contributed by atoms with Crippen molar-refractivity contribution >= 4 is 43.7 Å². The van der Waals surface area contributed by atoms with E-state index in [1.807, 2.05) is 42.2 Å². The Hall–Kier alpha value is -4.73. The van der Waals surface area contributed by atoms with Crippen molar-refractivity contribution in [2.75, 3.05) is 64.0 Å². The molecule has 2 aliphatic heterocycles. The van der Waals surface area contributed by atoms with Crippen LogP contribution in [-0.2, 0) is 42.4 Å². The SMILES string of the molecule is CCCCOC(=O)N1CCN(C(=O)C(CC[P+](=O)OC(OC(=O)C(C)C)OC(=O)C(C)C)NC(=O)c2cc(N3CCC(OC)C3)nc(-c3ccccc3)n2)CC1. The highest BCUT2D eigenvalue weighted by Crippen LogP contribution is 2.29. The van der Waals surface area contributed by atoms with Gasteiger partial charge in [0.1, 0.15) is 17.6 Å². The van der Waals surface area contributed by atoms with Gasteiger partial charge in [-0.1, -0.05) is 75.9 Å². The number of rotatable bonds is 18. The number of unbranched alkanes of at least 4 members (excludes halogenated alkanes) is 1. The number of ether oxygens (including phenoxy) is 4. The summed E-state index contributed by atoms with van der Waals surface area (Å²) in [7, 11) is -1.04. The summed E-state index contributed by atoms with van der Waals surface area (Å²) < 4.78 is 39.9. The van der Waals surface area contributed by atoms with E-state index in [4.69, 9.17) is 28.5 Å². The number of carbonyl (C=O) groups excluding carboxylic acids is 5. The first-order valence-corrected chi connectivity index (χ1v) is 20.4. The van der Waals surface area contributed by atoms with Gasteiger partial charge in [-0.25, -0.2) is 14.8 Å². The number of anilines is 1. The van der Waals surface area contributed by atoms with Gasteiger partial charge in [0.05, 0.1) is 24.5 Å². The molecular formula is C38H54N6O11P+. The fourth-order valence-corrected chi connectivity index (χ4v) is 6.54. The average molecular weight is 802 g/mol. The van der Waals surface area contributed by atoms with Gasteiger partial charge in [0.2, 0.25) is 5.91 Å². The number of benzene rings is 1. The first-order valence-electron chi connectivity index (χ1n) is 19.1. The van der Waals surface area contributed by atoms with Crippen LogP contribution < -0.4 is 10.2 Å². The Morgan fingerprint density at radius 1 is 0.911 bits per heavy atom. The van der Waals surface area contributed by atoms with E-state index in [2.05, 4.69) is 10.3 Å². The zero-order chi connectivity index (χ0) is 40.8. The molecule has 4 rings (SSSR count). The molecule has 3 atom stereocenters. The van der Waals surface area contributed by atoms with Crippen LogP contribution in [0.4, 0.5) is 10.6 Å². The summed E-state index contributed by atoms with van der Waals surface area (Å²) >= 11 is 0. The van der Waals surface area contributed by atoms with Crippen molar-refractivity contribution in [3.8, 4) is 11.4 Å². The van der Waals surface area contributed by atoms with Crippen LogP contribution in [0.25, 0.3) is 11.4 Å². The van der Waals surface area contributed by atoms with E-state index in [-0.39, 0.29) is 50.6 Å². The van der Waals surface area contributed by atoms with Crippen molar-refractivity contribution in [3.05, 3.63) is 42.1 Å². The first-order chi connectivity index (χ1) is 26.8. The third-order valence-corrected chi connectivity index (χ3v) is 10.2. The van der Waals surface area contributed by atoms with Crippen LogP contribution in [0.15, 0.2) is 36.4 Å². The number of hydrogen-bond acceptors (Lipinski definition) is 14. The third kappa shape index (κ3) is 12.9. The number of piperazine rings is 1. The summed E-state index contributed by atoms with van der Waals surface area (Å²) in [5.74, 6) is -2.99. The number of esters is 2. The fourth-order valence-electron chi connectivity index (χ4n) is 5.68. The molecule has 0 spiro atoms. The van der Waals surface area contributed by atoms with Crippen molar-refractivity contribution in [3.63, 3.8) is 0 Å². The Morgan fingerprint density at radius 3 is 2.14 bits per heavy atom. The maximum Gasteiger partial charge on any atom is 0.515 e. The number of aromatic nitrogens is 2. The predicted octanol–water partition coefficient (Wildman–Crippen LogP) is 4.38. The normalized spacial score (nSPS) is 16.6. The molecule has 0 radical (unpaired) electrons. The average Bonchev–Trinajstić information content (AvgIpc) is 3.69. The van der Waals surface area contributed by atoms with Gasteiger partial charge in [0.25, 0.3) is 5.91 Å². The molecule has 3 heterocycles. The van der Waals surface area contributed by atoms with Crippen LogP contribution in [-0.4, -0.2) is 127 Å². The molecule has 2 aromatic rings. The number of hydrogen-bond donors (Lipinski definition) is 1. The van der Waals surface area contributed by atoms with E-state index in [1.54, 1.807) is 40.9 Å². The Morgan fingerprint density at radius 2 is 1.55 bits per heavy atom. The lowest BCUT2D eigenvalue weighted by molar-refractivity contribution is -0.238. The second-order valence-corrected chi connectivity index (χ2v) is 15.4. The standard InChI is InChI=1S/C38H53N6O11P/c1-7-8-21-52-37(49)43-19-17-42(18-20-43)34(46)29(15-22-56(50)55-38(53-35(47)25(2)3)54-36(48)26(4)5)40-33(45)30-23-31(44-16-14-28(24-44)51-6)41-32(39-30)27-12-10-9-11-13-27/h9-13,23,25-26,28-29,38H,7-8,14-22,24H2,1-6H3/p+1. The maximum absolute atomic E-state index is 14.1.